The van der Waals surface area contributed by atoms with E-state index in [1.165, 1.54) is 6.20 Å². The third kappa shape index (κ3) is 4.78. The molecule has 2 amide bonds. The third-order valence-corrected chi connectivity index (χ3v) is 5.51. The van der Waals surface area contributed by atoms with E-state index in [2.05, 4.69) is 20.2 Å². The summed E-state index contributed by atoms with van der Waals surface area (Å²) in [6.07, 6.45) is 4.04. The predicted molar refractivity (Wildman–Crippen MR) is 120 cm³/mol. The summed E-state index contributed by atoms with van der Waals surface area (Å²) in [5.41, 5.74) is 2.95. The van der Waals surface area contributed by atoms with Crippen molar-refractivity contribution >= 4 is 17.5 Å². The molecule has 0 spiro atoms. The van der Waals surface area contributed by atoms with Crippen LogP contribution in [0.5, 0.6) is 0 Å². The Labute approximate surface area is 181 Å². The molecule has 158 valence electrons. The first-order chi connectivity index (χ1) is 15.0. The van der Waals surface area contributed by atoms with Gasteiger partial charge in [0.05, 0.1) is 18.1 Å². The average Bonchev–Trinajstić information content (AvgIpc) is 3.30. The highest BCUT2D eigenvalue weighted by Crippen LogP contribution is 2.20. The maximum absolute atomic E-state index is 12.8. The Morgan fingerprint density at radius 2 is 1.77 bits per heavy atom. The lowest BCUT2D eigenvalue weighted by Gasteiger charge is -2.20. The maximum Gasteiger partial charge on any atom is 0.275 e. The second kappa shape index (κ2) is 9.06. The molecular weight excluding hydrogens is 390 g/mol. The van der Waals surface area contributed by atoms with Crippen molar-refractivity contribution in [3.63, 3.8) is 0 Å². The Kier molecular flexibility index (Phi) is 6.04. The van der Waals surface area contributed by atoms with Crippen LogP contribution in [-0.2, 0) is 0 Å². The van der Waals surface area contributed by atoms with E-state index in [1.807, 2.05) is 61.5 Å². The number of likely N-dealkylation sites (tertiary alicyclic amines) is 1. The van der Waals surface area contributed by atoms with Crippen molar-refractivity contribution in [1.82, 2.24) is 19.8 Å². The Bertz CT molecular complexity index is 1070. The molecule has 1 aromatic heterocycles. The molecule has 0 radical (unpaired) electrons. The first-order valence-corrected chi connectivity index (χ1v) is 10.3. The number of nitrogens with zero attached hydrogens (tertiary/aromatic N) is 4. The Morgan fingerprint density at radius 3 is 2.45 bits per heavy atom. The van der Waals surface area contributed by atoms with Crippen molar-refractivity contribution in [2.24, 2.45) is 0 Å². The molecule has 0 bridgehead atoms. The number of aromatic nitrogens is 2. The average molecular weight is 415 g/mol. The van der Waals surface area contributed by atoms with Crippen LogP contribution in [-0.4, -0.2) is 64.8 Å². The van der Waals surface area contributed by atoms with Crippen LogP contribution < -0.4 is 5.32 Å². The van der Waals surface area contributed by atoms with Gasteiger partial charge in [-0.2, -0.15) is 0 Å². The third-order valence-electron chi connectivity index (χ3n) is 5.51. The number of carbonyl (C=O) groups excluding carboxylic acids is 2. The summed E-state index contributed by atoms with van der Waals surface area (Å²) in [4.78, 5) is 38.0. The van der Waals surface area contributed by atoms with Crippen LogP contribution in [0.25, 0.3) is 11.3 Å². The zero-order valence-corrected chi connectivity index (χ0v) is 17.7. The zero-order chi connectivity index (χ0) is 21.8. The van der Waals surface area contributed by atoms with Crippen molar-refractivity contribution in [3.05, 3.63) is 78.2 Å². The molecule has 1 saturated heterocycles. The van der Waals surface area contributed by atoms with Gasteiger partial charge in [-0.05, 0) is 44.8 Å². The van der Waals surface area contributed by atoms with Gasteiger partial charge >= 0.3 is 0 Å². The fourth-order valence-electron chi connectivity index (χ4n) is 3.64. The lowest BCUT2D eigenvalue weighted by molar-refractivity contribution is 0.0783. The zero-order valence-electron chi connectivity index (χ0n) is 17.7. The van der Waals surface area contributed by atoms with Crippen LogP contribution in [0.3, 0.4) is 0 Å². The standard InChI is InChI=1S/C24H25N5O2/c1-28(2)20-12-13-29(16-20)24(31)18-10-8-17(9-11-18)21-14-25-15-22(27-21)23(30)26-19-6-4-3-5-7-19/h3-11,14-15,20H,12-13,16H2,1-2H3,(H,26,30)/t20-/m1/s1. The predicted octanol–water partition coefficient (Wildman–Crippen LogP) is 3.17. The van der Waals surface area contributed by atoms with E-state index in [4.69, 9.17) is 0 Å². The molecule has 7 nitrogen and oxygen atoms in total. The van der Waals surface area contributed by atoms with Gasteiger partial charge in [0, 0.05) is 35.9 Å². The number of hydrogen-bond acceptors (Lipinski definition) is 5. The van der Waals surface area contributed by atoms with E-state index >= 15 is 0 Å². The summed E-state index contributed by atoms with van der Waals surface area (Å²) in [5, 5.41) is 2.81. The highest BCUT2D eigenvalue weighted by atomic mass is 16.2. The maximum atomic E-state index is 12.8. The molecule has 3 aromatic rings. The van der Waals surface area contributed by atoms with Crippen molar-refractivity contribution < 1.29 is 9.59 Å². The molecule has 0 aliphatic carbocycles. The SMILES string of the molecule is CN(C)[C@@H]1CCN(C(=O)c2ccc(-c3cncc(C(=O)Nc4ccccc4)n3)cc2)C1. The second-order valence-corrected chi connectivity index (χ2v) is 7.84. The second-order valence-electron chi connectivity index (χ2n) is 7.84. The quantitative estimate of drug-likeness (QED) is 0.693. The highest BCUT2D eigenvalue weighted by molar-refractivity contribution is 6.03. The monoisotopic (exact) mass is 415 g/mol. The number of rotatable bonds is 5. The smallest absolute Gasteiger partial charge is 0.275 e. The van der Waals surface area contributed by atoms with E-state index in [-0.39, 0.29) is 17.5 Å². The van der Waals surface area contributed by atoms with Gasteiger partial charge in [0.1, 0.15) is 5.69 Å². The molecule has 31 heavy (non-hydrogen) atoms. The Hall–Kier alpha value is -3.58. The lowest BCUT2D eigenvalue weighted by atomic mass is 10.1. The number of likely N-dealkylation sites (N-methyl/N-ethyl adjacent to an activating group) is 1. The van der Waals surface area contributed by atoms with Gasteiger partial charge in [-0.25, -0.2) is 4.98 Å². The first-order valence-electron chi connectivity index (χ1n) is 10.3. The molecule has 2 aromatic carbocycles. The number of benzene rings is 2. The summed E-state index contributed by atoms with van der Waals surface area (Å²) in [6.45, 7) is 1.52. The largest absolute Gasteiger partial charge is 0.337 e. The molecule has 0 saturated carbocycles. The molecule has 1 aliphatic heterocycles. The Morgan fingerprint density at radius 1 is 1.03 bits per heavy atom. The van der Waals surface area contributed by atoms with Crippen molar-refractivity contribution in [2.45, 2.75) is 12.5 Å². The van der Waals surface area contributed by atoms with Gasteiger partial charge in [-0.1, -0.05) is 30.3 Å². The summed E-state index contributed by atoms with van der Waals surface area (Å²) in [7, 11) is 4.09. The Balaban J connectivity index is 1.46. The van der Waals surface area contributed by atoms with Crippen LogP contribution in [0.1, 0.15) is 27.3 Å². The summed E-state index contributed by atoms with van der Waals surface area (Å²) < 4.78 is 0. The van der Waals surface area contributed by atoms with Gasteiger partial charge in [0.25, 0.3) is 11.8 Å². The molecule has 1 atom stereocenters. The van der Waals surface area contributed by atoms with E-state index < -0.39 is 0 Å². The van der Waals surface area contributed by atoms with E-state index in [0.29, 0.717) is 23.0 Å². The summed E-state index contributed by atoms with van der Waals surface area (Å²) in [6, 6.07) is 16.9. The first kappa shape index (κ1) is 20.7. The molecule has 1 aliphatic rings. The van der Waals surface area contributed by atoms with Crippen LogP contribution in [0.4, 0.5) is 5.69 Å². The molecule has 1 fully saturated rings. The van der Waals surface area contributed by atoms with Gasteiger partial charge in [-0.15, -0.1) is 0 Å². The van der Waals surface area contributed by atoms with Gasteiger partial charge in [0.15, 0.2) is 0 Å². The van der Waals surface area contributed by atoms with Crippen molar-refractivity contribution in [2.75, 3.05) is 32.5 Å². The van der Waals surface area contributed by atoms with Gasteiger partial charge < -0.3 is 15.1 Å². The minimum atomic E-state index is -0.322. The number of nitrogens with one attached hydrogen (secondary N) is 1. The molecular formula is C24H25N5O2. The van der Waals surface area contributed by atoms with E-state index in [1.54, 1.807) is 18.3 Å². The molecule has 2 heterocycles. The minimum absolute atomic E-state index is 0.0398. The fourth-order valence-corrected chi connectivity index (χ4v) is 3.64. The number of hydrogen-bond donors (Lipinski definition) is 1. The van der Waals surface area contributed by atoms with Crippen LogP contribution in [0, 0.1) is 0 Å². The van der Waals surface area contributed by atoms with Gasteiger partial charge in [0.2, 0.25) is 0 Å². The van der Waals surface area contributed by atoms with E-state index in [9.17, 15) is 9.59 Å². The van der Waals surface area contributed by atoms with E-state index in [0.717, 1.165) is 25.1 Å². The van der Waals surface area contributed by atoms with Crippen LogP contribution in [0.15, 0.2) is 67.0 Å². The molecule has 4 rings (SSSR count). The van der Waals surface area contributed by atoms with Crippen LogP contribution >= 0.6 is 0 Å². The van der Waals surface area contributed by atoms with Crippen LogP contribution in [0.2, 0.25) is 0 Å². The molecule has 1 N–H and O–H groups in total. The summed E-state index contributed by atoms with van der Waals surface area (Å²) >= 11 is 0. The van der Waals surface area contributed by atoms with Crippen molar-refractivity contribution in [1.29, 1.82) is 0 Å². The normalized spacial score (nSPS) is 15.8. The highest BCUT2D eigenvalue weighted by Gasteiger charge is 2.28. The van der Waals surface area contributed by atoms with Crippen molar-refractivity contribution in [3.8, 4) is 11.3 Å². The lowest BCUT2D eigenvalue weighted by Crippen LogP contribution is -2.34. The minimum Gasteiger partial charge on any atom is -0.337 e. The number of carbonyl (C=O) groups is 2. The fraction of sp³-hybridized carbons (Fsp3) is 0.250. The molecule has 7 heteroatoms. The topological polar surface area (TPSA) is 78.4 Å². The number of para-hydroxylation sites is 1. The number of anilines is 1. The summed E-state index contributed by atoms with van der Waals surface area (Å²) in [5.74, 6) is -0.283. The molecule has 0 unspecified atom stereocenters. The van der Waals surface area contributed by atoms with Gasteiger partial charge in [-0.3, -0.25) is 14.6 Å². The number of amides is 2.